The van der Waals surface area contributed by atoms with Gasteiger partial charge in [0.2, 0.25) is 0 Å². The van der Waals surface area contributed by atoms with E-state index >= 15 is 0 Å². The Balaban J connectivity index is 1.93. The van der Waals surface area contributed by atoms with Crippen LogP contribution in [0.3, 0.4) is 0 Å². The second-order valence-corrected chi connectivity index (χ2v) is 8.64. The van der Waals surface area contributed by atoms with Crippen molar-refractivity contribution >= 4 is 21.8 Å². The van der Waals surface area contributed by atoms with Crippen LogP contribution in [0, 0.1) is 18.6 Å². The third-order valence-electron chi connectivity index (χ3n) is 4.87. The van der Waals surface area contributed by atoms with E-state index in [1.54, 1.807) is 18.2 Å². The van der Waals surface area contributed by atoms with Gasteiger partial charge < -0.3 is 14.2 Å². The number of esters is 1. The van der Waals surface area contributed by atoms with Crippen LogP contribution in [0.1, 0.15) is 27.3 Å². The molecule has 0 aliphatic rings. The van der Waals surface area contributed by atoms with Gasteiger partial charge in [0, 0.05) is 29.8 Å². The fourth-order valence-electron chi connectivity index (χ4n) is 3.10. The van der Waals surface area contributed by atoms with Crippen molar-refractivity contribution in [2.24, 2.45) is 0 Å². The Hall–Kier alpha value is -3.80. The normalized spacial score (nSPS) is 11.1. The van der Waals surface area contributed by atoms with Gasteiger partial charge in [-0.25, -0.2) is 32.0 Å². The first-order chi connectivity index (χ1) is 16.1. The highest BCUT2D eigenvalue weighted by Gasteiger charge is 2.28. The molecule has 0 aliphatic heterocycles. The minimum Gasteiger partial charge on any atom is -0.497 e. The average Bonchev–Trinajstić information content (AvgIpc) is 2.82. The number of hydrogen-bond acceptors (Lipinski definition) is 8. The molecule has 0 amide bonds. The summed E-state index contributed by atoms with van der Waals surface area (Å²) in [6.45, 7) is 1.02. The van der Waals surface area contributed by atoms with Gasteiger partial charge in [-0.3, -0.25) is 4.72 Å². The van der Waals surface area contributed by atoms with E-state index in [0.29, 0.717) is 23.1 Å². The highest BCUT2D eigenvalue weighted by Crippen LogP contribution is 2.28. The van der Waals surface area contributed by atoms with Crippen LogP contribution in [-0.2, 0) is 21.2 Å². The highest BCUT2D eigenvalue weighted by molar-refractivity contribution is 7.92. The lowest BCUT2D eigenvalue weighted by atomic mass is 10.1. The minimum absolute atomic E-state index is 0.154. The zero-order chi connectivity index (χ0) is 25.0. The molecule has 0 atom stereocenters. The number of benzene rings is 2. The maximum atomic E-state index is 14.7. The van der Waals surface area contributed by atoms with E-state index in [1.807, 2.05) is 0 Å². The lowest BCUT2D eigenvalue weighted by Crippen LogP contribution is -2.19. The third-order valence-corrected chi connectivity index (χ3v) is 6.22. The van der Waals surface area contributed by atoms with Crippen molar-refractivity contribution in [1.82, 2.24) is 9.97 Å². The van der Waals surface area contributed by atoms with Crippen LogP contribution in [0.4, 0.5) is 14.6 Å². The molecule has 0 unspecified atom stereocenters. The standard InChI is InChI=1S/C22H21F2N3O6S/c1-12-20(23)15(22(28)33-4)11-17(21(12)24)34(29,30)27-18-7-8-25-19(26-18)9-13-5-6-14(31-2)10-16(13)32-3/h5-8,10-11H,9H2,1-4H3,(H,25,26,27). The molecule has 3 aromatic rings. The maximum Gasteiger partial charge on any atom is 0.340 e. The zero-order valence-corrected chi connectivity index (χ0v) is 19.5. The molecule has 9 nitrogen and oxygen atoms in total. The molecule has 0 bridgehead atoms. The fourth-order valence-corrected chi connectivity index (χ4v) is 4.26. The second-order valence-electron chi connectivity index (χ2n) is 6.98. The largest absolute Gasteiger partial charge is 0.497 e. The number of nitrogens with one attached hydrogen (secondary N) is 1. The van der Waals surface area contributed by atoms with Crippen LogP contribution in [0.5, 0.6) is 11.5 Å². The number of rotatable bonds is 8. The number of sulfonamides is 1. The monoisotopic (exact) mass is 493 g/mol. The zero-order valence-electron chi connectivity index (χ0n) is 18.7. The summed E-state index contributed by atoms with van der Waals surface area (Å²) in [5.74, 6) is -2.49. The Morgan fingerprint density at radius 3 is 2.44 bits per heavy atom. The van der Waals surface area contributed by atoms with E-state index in [1.165, 1.54) is 26.5 Å². The molecule has 0 radical (unpaired) electrons. The topological polar surface area (TPSA) is 117 Å². The van der Waals surface area contributed by atoms with Crippen LogP contribution in [-0.4, -0.2) is 45.7 Å². The lowest BCUT2D eigenvalue weighted by Gasteiger charge is -2.13. The highest BCUT2D eigenvalue weighted by atomic mass is 32.2. The summed E-state index contributed by atoms with van der Waals surface area (Å²) in [4.78, 5) is 19.2. The van der Waals surface area contributed by atoms with Crippen molar-refractivity contribution in [2.75, 3.05) is 26.1 Å². The van der Waals surface area contributed by atoms with E-state index < -0.39 is 43.6 Å². The lowest BCUT2D eigenvalue weighted by molar-refractivity contribution is 0.0594. The third kappa shape index (κ3) is 5.06. The number of nitrogens with zero attached hydrogens (tertiary/aromatic N) is 2. The molecular weight excluding hydrogens is 472 g/mol. The van der Waals surface area contributed by atoms with Crippen LogP contribution in [0.25, 0.3) is 0 Å². The van der Waals surface area contributed by atoms with E-state index in [-0.39, 0.29) is 18.1 Å². The van der Waals surface area contributed by atoms with E-state index in [2.05, 4.69) is 19.4 Å². The summed E-state index contributed by atoms with van der Waals surface area (Å²) in [5.41, 5.74) is -0.638. The van der Waals surface area contributed by atoms with E-state index in [0.717, 1.165) is 14.0 Å². The van der Waals surface area contributed by atoms with Crippen LogP contribution >= 0.6 is 0 Å². The van der Waals surface area contributed by atoms with Gasteiger partial charge in [-0.05, 0) is 25.1 Å². The first-order valence-electron chi connectivity index (χ1n) is 9.73. The number of ether oxygens (including phenoxy) is 3. The van der Waals surface area contributed by atoms with Gasteiger partial charge in [0.15, 0.2) is 0 Å². The van der Waals surface area contributed by atoms with Gasteiger partial charge in [-0.2, -0.15) is 0 Å². The number of halogens is 2. The molecule has 3 rings (SSSR count). The number of aromatic nitrogens is 2. The molecular formula is C22H21F2N3O6S. The van der Waals surface area contributed by atoms with Gasteiger partial charge in [0.05, 0.1) is 26.9 Å². The Morgan fingerprint density at radius 2 is 1.79 bits per heavy atom. The molecule has 0 spiro atoms. The summed E-state index contributed by atoms with van der Waals surface area (Å²) < 4.78 is 71.8. The first-order valence-corrected chi connectivity index (χ1v) is 11.2. The predicted molar refractivity (Wildman–Crippen MR) is 118 cm³/mol. The maximum absolute atomic E-state index is 14.7. The van der Waals surface area contributed by atoms with Crippen molar-refractivity contribution < 1.29 is 36.2 Å². The van der Waals surface area contributed by atoms with Gasteiger partial charge in [-0.15, -0.1) is 0 Å². The van der Waals surface area contributed by atoms with Crippen molar-refractivity contribution in [3.63, 3.8) is 0 Å². The number of methoxy groups -OCH3 is 3. The van der Waals surface area contributed by atoms with Crippen LogP contribution in [0.15, 0.2) is 41.4 Å². The summed E-state index contributed by atoms with van der Waals surface area (Å²) in [6, 6.07) is 7.00. The number of hydrogen-bond donors (Lipinski definition) is 1. The molecule has 0 aliphatic carbocycles. The summed E-state index contributed by atoms with van der Waals surface area (Å²) >= 11 is 0. The Morgan fingerprint density at radius 1 is 1.06 bits per heavy atom. The van der Waals surface area contributed by atoms with Crippen molar-refractivity contribution in [3.05, 3.63) is 70.7 Å². The van der Waals surface area contributed by atoms with Gasteiger partial charge in [0.1, 0.15) is 39.7 Å². The van der Waals surface area contributed by atoms with Crippen LogP contribution in [0.2, 0.25) is 0 Å². The predicted octanol–water partition coefficient (Wildman–Crippen LogP) is 3.26. The Kier molecular flexibility index (Phi) is 7.30. The van der Waals surface area contributed by atoms with Gasteiger partial charge >= 0.3 is 5.97 Å². The van der Waals surface area contributed by atoms with E-state index in [4.69, 9.17) is 9.47 Å². The average molecular weight is 493 g/mol. The quantitative estimate of drug-likeness (QED) is 0.476. The van der Waals surface area contributed by atoms with Crippen molar-refractivity contribution in [1.29, 1.82) is 0 Å². The molecule has 34 heavy (non-hydrogen) atoms. The van der Waals surface area contributed by atoms with Gasteiger partial charge in [0.25, 0.3) is 10.0 Å². The summed E-state index contributed by atoms with van der Waals surface area (Å²) in [5, 5.41) is 0. The molecule has 12 heteroatoms. The van der Waals surface area contributed by atoms with Gasteiger partial charge in [-0.1, -0.05) is 6.07 Å². The van der Waals surface area contributed by atoms with Crippen molar-refractivity contribution in [2.45, 2.75) is 18.2 Å². The first kappa shape index (κ1) is 24.8. The SMILES string of the molecule is COC(=O)c1cc(S(=O)(=O)Nc2ccnc(Cc3ccc(OC)cc3OC)n2)c(F)c(C)c1F. The minimum atomic E-state index is -4.59. The molecule has 0 fully saturated rings. The number of anilines is 1. The fraction of sp³-hybridized carbons (Fsp3) is 0.227. The number of carbonyl (C=O) groups is 1. The summed E-state index contributed by atoms with van der Waals surface area (Å²) in [7, 11) is -0.585. The van der Waals surface area contributed by atoms with Crippen molar-refractivity contribution in [3.8, 4) is 11.5 Å². The molecule has 1 aromatic heterocycles. The smallest absolute Gasteiger partial charge is 0.340 e. The molecule has 1 N–H and O–H groups in total. The molecule has 180 valence electrons. The molecule has 0 saturated carbocycles. The Bertz CT molecular complexity index is 1350. The second kappa shape index (κ2) is 10.00. The van der Waals surface area contributed by atoms with E-state index in [9.17, 15) is 22.0 Å². The molecule has 1 heterocycles. The molecule has 2 aromatic carbocycles. The van der Waals surface area contributed by atoms with Crippen LogP contribution < -0.4 is 14.2 Å². The Labute approximate surface area is 194 Å². The summed E-state index contributed by atoms with van der Waals surface area (Å²) in [6.07, 6.45) is 1.52. The molecule has 0 saturated heterocycles. The number of carbonyl (C=O) groups excluding carboxylic acids is 1.